The third kappa shape index (κ3) is 2.35. The molecule has 0 spiro atoms. The Balaban J connectivity index is 1.71. The molecule has 0 saturated heterocycles. The van der Waals surface area contributed by atoms with Crippen LogP contribution in [-0.2, 0) is 6.54 Å². The third-order valence-corrected chi connectivity index (χ3v) is 3.00. The molecule has 2 rings (SSSR count). The molecule has 14 heavy (non-hydrogen) atoms. The van der Waals surface area contributed by atoms with Crippen LogP contribution in [-0.4, -0.2) is 22.6 Å². The van der Waals surface area contributed by atoms with Crippen molar-refractivity contribution in [3.05, 3.63) is 17.7 Å². The molecule has 0 amide bonds. The topological polar surface area (TPSA) is 29.9 Å². The number of aryl methyl sites for hydroxylation is 1. The summed E-state index contributed by atoms with van der Waals surface area (Å²) in [5, 5.41) is 3.48. The van der Waals surface area contributed by atoms with Gasteiger partial charge in [0.05, 0.1) is 12.0 Å². The van der Waals surface area contributed by atoms with Crippen LogP contribution in [0.2, 0.25) is 0 Å². The molecule has 3 nitrogen and oxygen atoms in total. The maximum Gasteiger partial charge on any atom is 0.0951 e. The molecular weight excluding hydrogens is 174 g/mol. The molecule has 0 unspecified atom stereocenters. The molecule has 0 atom stereocenters. The van der Waals surface area contributed by atoms with Crippen LogP contribution in [0.3, 0.4) is 0 Å². The van der Waals surface area contributed by atoms with E-state index in [1.807, 2.05) is 6.33 Å². The Morgan fingerprint density at radius 1 is 1.50 bits per heavy atom. The molecule has 0 radical (unpaired) electrons. The number of aromatic nitrogens is 2. The molecule has 1 N–H and O–H groups in total. The highest BCUT2D eigenvalue weighted by Crippen LogP contribution is 2.27. The van der Waals surface area contributed by atoms with Gasteiger partial charge in [-0.05, 0) is 39.2 Å². The van der Waals surface area contributed by atoms with Gasteiger partial charge in [0, 0.05) is 18.8 Å². The van der Waals surface area contributed by atoms with Gasteiger partial charge in [-0.1, -0.05) is 0 Å². The maximum absolute atomic E-state index is 4.28. The van der Waals surface area contributed by atoms with Crippen molar-refractivity contribution >= 4 is 0 Å². The number of rotatable bonds is 5. The number of nitrogens with one attached hydrogen (secondary N) is 1. The summed E-state index contributed by atoms with van der Waals surface area (Å²) >= 11 is 0. The summed E-state index contributed by atoms with van der Waals surface area (Å²) in [5.74, 6) is 0.973. The highest BCUT2D eigenvalue weighted by molar-refractivity contribution is 5.08. The van der Waals surface area contributed by atoms with Crippen molar-refractivity contribution in [1.29, 1.82) is 0 Å². The van der Waals surface area contributed by atoms with E-state index in [-0.39, 0.29) is 0 Å². The summed E-state index contributed by atoms with van der Waals surface area (Å²) in [7, 11) is 0. The Bertz CT molecular complexity index is 299. The highest BCUT2D eigenvalue weighted by atomic mass is 15.1. The molecular formula is C11H19N3. The van der Waals surface area contributed by atoms with Crippen LogP contribution in [0.4, 0.5) is 0 Å². The molecule has 1 aromatic heterocycles. The van der Waals surface area contributed by atoms with Crippen molar-refractivity contribution in [2.75, 3.05) is 13.1 Å². The Morgan fingerprint density at radius 3 is 2.86 bits per heavy atom. The molecule has 0 bridgehead atoms. The molecule has 1 aliphatic carbocycles. The first kappa shape index (κ1) is 9.71. The van der Waals surface area contributed by atoms with Crippen LogP contribution in [0.25, 0.3) is 0 Å². The van der Waals surface area contributed by atoms with Crippen LogP contribution in [0.15, 0.2) is 6.33 Å². The Morgan fingerprint density at radius 2 is 2.29 bits per heavy atom. The van der Waals surface area contributed by atoms with Crippen LogP contribution in [0.1, 0.15) is 24.2 Å². The van der Waals surface area contributed by atoms with Gasteiger partial charge in [-0.3, -0.25) is 0 Å². The minimum absolute atomic E-state index is 0.973. The summed E-state index contributed by atoms with van der Waals surface area (Å²) in [6.07, 6.45) is 4.79. The Hall–Kier alpha value is -0.830. The number of hydrogen-bond donors (Lipinski definition) is 1. The minimum atomic E-state index is 0.973. The SMILES string of the molecule is Cc1ncn(CCNCC2CC2)c1C. The van der Waals surface area contributed by atoms with E-state index in [1.165, 1.54) is 25.1 Å². The molecule has 1 fully saturated rings. The Labute approximate surface area is 85.5 Å². The van der Waals surface area contributed by atoms with Crippen LogP contribution >= 0.6 is 0 Å². The first-order valence-corrected chi connectivity index (χ1v) is 5.46. The number of nitrogens with zero attached hydrogens (tertiary/aromatic N) is 2. The van der Waals surface area contributed by atoms with E-state index in [1.54, 1.807) is 0 Å². The molecule has 1 aliphatic rings. The zero-order valence-corrected chi connectivity index (χ0v) is 9.08. The van der Waals surface area contributed by atoms with Crippen LogP contribution < -0.4 is 5.32 Å². The average molecular weight is 193 g/mol. The van der Waals surface area contributed by atoms with Crippen molar-refractivity contribution in [3.8, 4) is 0 Å². The van der Waals surface area contributed by atoms with E-state index in [0.29, 0.717) is 0 Å². The van der Waals surface area contributed by atoms with Gasteiger partial charge < -0.3 is 9.88 Å². The lowest BCUT2D eigenvalue weighted by molar-refractivity contribution is 0.569. The third-order valence-electron chi connectivity index (χ3n) is 3.00. The fourth-order valence-corrected chi connectivity index (χ4v) is 1.60. The second kappa shape index (κ2) is 4.13. The van der Waals surface area contributed by atoms with Gasteiger partial charge in [0.1, 0.15) is 0 Å². The molecule has 1 aromatic rings. The smallest absolute Gasteiger partial charge is 0.0951 e. The second-order valence-electron chi connectivity index (χ2n) is 4.26. The van der Waals surface area contributed by atoms with Crippen molar-refractivity contribution in [1.82, 2.24) is 14.9 Å². The zero-order chi connectivity index (χ0) is 9.97. The second-order valence-corrected chi connectivity index (χ2v) is 4.26. The Kier molecular flexibility index (Phi) is 2.87. The fraction of sp³-hybridized carbons (Fsp3) is 0.727. The van der Waals surface area contributed by atoms with E-state index < -0.39 is 0 Å². The van der Waals surface area contributed by atoms with E-state index in [0.717, 1.165) is 24.7 Å². The van der Waals surface area contributed by atoms with Crippen molar-refractivity contribution in [3.63, 3.8) is 0 Å². The van der Waals surface area contributed by atoms with Gasteiger partial charge >= 0.3 is 0 Å². The van der Waals surface area contributed by atoms with Crippen molar-refractivity contribution in [2.24, 2.45) is 5.92 Å². The predicted molar refractivity (Wildman–Crippen MR) is 57.3 cm³/mol. The summed E-state index contributed by atoms with van der Waals surface area (Å²) in [5.41, 5.74) is 2.44. The quantitative estimate of drug-likeness (QED) is 0.718. The molecule has 0 aromatic carbocycles. The lowest BCUT2D eigenvalue weighted by atomic mass is 10.4. The van der Waals surface area contributed by atoms with E-state index >= 15 is 0 Å². The summed E-state index contributed by atoms with van der Waals surface area (Å²) in [6, 6.07) is 0. The highest BCUT2D eigenvalue weighted by Gasteiger charge is 2.19. The van der Waals surface area contributed by atoms with Gasteiger partial charge in [0.15, 0.2) is 0 Å². The summed E-state index contributed by atoms with van der Waals surface area (Å²) in [6.45, 7) is 7.49. The van der Waals surface area contributed by atoms with Crippen LogP contribution in [0, 0.1) is 19.8 Å². The lowest BCUT2D eigenvalue weighted by Gasteiger charge is -2.06. The van der Waals surface area contributed by atoms with Gasteiger partial charge in [0.2, 0.25) is 0 Å². The average Bonchev–Trinajstić information content (AvgIpc) is 2.94. The van der Waals surface area contributed by atoms with Gasteiger partial charge in [-0.2, -0.15) is 0 Å². The molecule has 3 heteroatoms. The summed E-state index contributed by atoms with van der Waals surface area (Å²) < 4.78 is 2.22. The maximum atomic E-state index is 4.28. The molecule has 78 valence electrons. The van der Waals surface area contributed by atoms with Crippen molar-refractivity contribution < 1.29 is 0 Å². The van der Waals surface area contributed by atoms with Crippen molar-refractivity contribution in [2.45, 2.75) is 33.2 Å². The minimum Gasteiger partial charge on any atom is -0.333 e. The molecule has 1 saturated carbocycles. The molecule has 0 aliphatic heterocycles. The zero-order valence-electron chi connectivity index (χ0n) is 9.08. The first-order chi connectivity index (χ1) is 6.77. The standard InChI is InChI=1S/C11H19N3/c1-9-10(2)14(8-13-9)6-5-12-7-11-3-4-11/h8,11-12H,3-7H2,1-2H3. The van der Waals surface area contributed by atoms with Crippen LogP contribution in [0.5, 0.6) is 0 Å². The predicted octanol–water partition coefficient (Wildman–Crippen LogP) is 1.50. The first-order valence-electron chi connectivity index (χ1n) is 5.46. The molecule has 1 heterocycles. The van der Waals surface area contributed by atoms with Gasteiger partial charge in [-0.15, -0.1) is 0 Å². The van der Waals surface area contributed by atoms with Gasteiger partial charge in [0.25, 0.3) is 0 Å². The fourth-order valence-electron chi connectivity index (χ4n) is 1.60. The van der Waals surface area contributed by atoms with E-state index in [2.05, 4.69) is 28.7 Å². The largest absolute Gasteiger partial charge is 0.333 e. The number of imidazole rings is 1. The lowest BCUT2D eigenvalue weighted by Crippen LogP contribution is -2.22. The summed E-state index contributed by atoms with van der Waals surface area (Å²) in [4.78, 5) is 4.28. The monoisotopic (exact) mass is 193 g/mol. The van der Waals surface area contributed by atoms with E-state index in [4.69, 9.17) is 0 Å². The van der Waals surface area contributed by atoms with E-state index in [9.17, 15) is 0 Å². The number of hydrogen-bond acceptors (Lipinski definition) is 2. The van der Waals surface area contributed by atoms with Gasteiger partial charge in [-0.25, -0.2) is 4.98 Å². The normalized spacial score (nSPS) is 16.1.